The van der Waals surface area contributed by atoms with Crippen LogP contribution in [0.1, 0.15) is 40.0 Å². The van der Waals surface area contributed by atoms with Gasteiger partial charge in [-0.2, -0.15) is 0 Å². The van der Waals surface area contributed by atoms with Gasteiger partial charge in [0.2, 0.25) is 0 Å². The number of rotatable bonds is 2. The van der Waals surface area contributed by atoms with E-state index in [1.54, 1.807) is 0 Å². The van der Waals surface area contributed by atoms with Crippen LogP contribution in [-0.4, -0.2) is 30.6 Å². The van der Waals surface area contributed by atoms with Crippen molar-refractivity contribution in [3.8, 4) is 0 Å². The fraction of sp³-hybridized carbons (Fsp3) is 0.750. The van der Waals surface area contributed by atoms with Crippen molar-refractivity contribution in [3.63, 3.8) is 0 Å². The minimum absolute atomic E-state index is 0.0142. The Hall–Kier alpha value is -1.16. The summed E-state index contributed by atoms with van der Waals surface area (Å²) in [6, 6.07) is 0. The molecule has 4 atom stereocenters. The van der Waals surface area contributed by atoms with Crippen molar-refractivity contribution in [1.29, 1.82) is 0 Å². The van der Waals surface area contributed by atoms with Gasteiger partial charge in [-0.15, -0.1) is 0 Å². The molecule has 2 saturated carbocycles. The smallest absolute Gasteiger partial charge is 0.334 e. The van der Waals surface area contributed by atoms with E-state index in [2.05, 4.69) is 13.8 Å². The molecule has 4 unspecified atom stereocenters. The van der Waals surface area contributed by atoms with Gasteiger partial charge in [0.05, 0.1) is 24.2 Å². The lowest BCUT2D eigenvalue weighted by Crippen LogP contribution is -2.40. The van der Waals surface area contributed by atoms with E-state index >= 15 is 0 Å². The number of aldehydes is 1. The highest BCUT2D eigenvalue weighted by Gasteiger charge is 2.76. The molecule has 0 aromatic heterocycles. The number of aliphatic hydroxyl groups is 1. The molecular formula is C16H22O4. The predicted molar refractivity (Wildman–Crippen MR) is 72.8 cm³/mol. The molecule has 0 aromatic rings. The summed E-state index contributed by atoms with van der Waals surface area (Å²) < 4.78 is 4.93. The molecule has 3 aliphatic carbocycles. The second-order valence-electron chi connectivity index (χ2n) is 7.67. The van der Waals surface area contributed by atoms with E-state index in [1.165, 1.54) is 7.11 Å². The Kier molecular flexibility index (Phi) is 2.57. The first-order valence-electron chi connectivity index (χ1n) is 7.19. The third-order valence-corrected chi connectivity index (χ3v) is 5.82. The summed E-state index contributed by atoms with van der Waals surface area (Å²) >= 11 is 0. The fourth-order valence-electron chi connectivity index (χ4n) is 4.67. The number of carbonyl (C=O) groups excluding carboxylic acids is 2. The number of ether oxygens (including phenoxy) is 1. The van der Waals surface area contributed by atoms with Gasteiger partial charge < -0.3 is 14.6 Å². The molecule has 3 aliphatic rings. The van der Waals surface area contributed by atoms with Crippen molar-refractivity contribution < 1.29 is 19.4 Å². The zero-order valence-corrected chi connectivity index (χ0v) is 12.5. The van der Waals surface area contributed by atoms with Gasteiger partial charge >= 0.3 is 5.97 Å². The quantitative estimate of drug-likeness (QED) is 0.618. The normalized spacial score (nSPS) is 44.6. The van der Waals surface area contributed by atoms with E-state index in [1.807, 2.05) is 6.92 Å². The van der Waals surface area contributed by atoms with Crippen molar-refractivity contribution >= 4 is 12.3 Å². The topological polar surface area (TPSA) is 63.6 Å². The van der Waals surface area contributed by atoms with Gasteiger partial charge in [0.25, 0.3) is 0 Å². The third kappa shape index (κ3) is 1.40. The molecule has 4 nitrogen and oxygen atoms in total. The molecule has 20 heavy (non-hydrogen) atoms. The lowest BCUT2D eigenvalue weighted by molar-refractivity contribution is -0.139. The Morgan fingerprint density at radius 3 is 2.60 bits per heavy atom. The summed E-state index contributed by atoms with van der Waals surface area (Å²) in [5.74, 6) is -0.412. The van der Waals surface area contributed by atoms with Crippen molar-refractivity contribution in [2.24, 2.45) is 22.2 Å². The number of methoxy groups -OCH3 is 1. The molecule has 2 fully saturated rings. The Morgan fingerprint density at radius 1 is 1.40 bits per heavy atom. The number of carbonyl (C=O) groups is 2. The Labute approximate surface area is 119 Å². The molecule has 0 radical (unpaired) electrons. The second-order valence-corrected chi connectivity index (χ2v) is 7.67. The van der Waals surface area contributed by atoms with Gasteiger partial charge in [0.1, 0.15) is 6.29 Å². The molecular weight excluding hydrogens is 256 g/mol. The lowest BCUT2D eigenvalue weighted by Gasteiger charge is -2.36. The predicted octanol–water partition coefficient (Wildman–Crippen LogP) is 1.86. The van der Waals surface area contributed by atoms with E-state index < -0.39 is 22.9 Å². The monoisotopic (exact) mass is 278 g/mol. The molecule has 0 aliphatic heterocycles. The van der Waals surface area contributed by atoms with Crippen LogP contribution in [0, 0.1) is 22.2 Å². The molecule has 4 heteroatoms. The van der Waals surface area contributed by atoms with Crippen LogP contribution >= 0.6 is 0 Å². The van der Waals surface area contributed by atoms with Crippen molar-refractivity contribution in [1.82, 2.24) is 0 Å². The number of hydrogen-bond acceptors (Lipinski definition) is 4. The highest BCUT2D eigenvalue weighted by molar-refractivity contribution is 5.99. The first kappa shape index (κ1) is 13.8. The van der Waals surface area contributed by atoms with Gasteiger partial charge in [-0.1, -0.05) is 26.3 Å². The molecule has 1 N–H and O–H groups in total. The van der Waals surface area contributed by atoms with Gasteiger partial charge in [-0.05, 0) is 24.7 Å². The second kappa shape index (κ2) is 3.73. The Morgan fingerprint density at radius 2 is 2.05 bits per heavy atom. The summed E-state index contributed by atoms with van der Waals surface area (Å²) in [6.45, 7) is 6.19. The zero-order chi connectivity index (χ0) is 14.9. The van der Waals surface area contributed by atoms with Crippen molar-refractivity contribution in [2.45, 2.75) is 46.1 Å². The van der Waals surface area contributed by atoms with E-state index in [-0.39, 0.29) is 11.3 Å². The highest BCUT2D eigenvalue weighted by atomic mass is 16.5. The van der Waals surface area contributed by atoms with Crippen LogP contribution in [0.4, 0.5) is 0 Å². The number of esters is 1. The van der Waals surface area contributed by atoms with E-state index in [4.69, 9.17) is 4.74 Å². The van der Waals surface area contributed by atoms with Gasteiger partial charge in [-0.3, -0.25) is 0 Å². The summed E-state index contributed by atoms with van der Waals surface area (Å²) in [6.07, 6.45) is 2.48. The highest BCUT2D eigenvalue weighted by Crippen LogP contribution is 2.75. The average Bonchev–Trinajstić information content (AvgIpc) is 2.89. The zero-order valence-electron chi connectivity index (χ0n) is 12.5. The van der Waals surface area contributed by atoms with Crippen LogP contribution in [-0.2, 0) is 14.3 Å². The summed E-state index contributed by atoms with van der Waals surface area (Å²) in [7, 11) is 1.36. The van der Waals surface area contributed by atoms with E-state index in [0.29, 0.717) is 12.0 Å². The van der Waals surface area contributed by atoms with Crippen molar-refractivity contribution in [2.75, 3.05) is 7.11 Å². The van der Waals surface area contributed by atoms with Crippen LogP contribution in [0.2, 0.25) is 0 Å². The first-order valence-corrected chi connectivity index (χ1v) is 7.19. The average molecular weight is 278 g/mol. The third-order valence-electron chi connectivity index (χ3n) is 5.82. The largest absolute Gasteiger partial charge is 0.466 e. The fourth-order valence-corrected chi connectivity index (χ4v) is 4.67. The maximum absolute atomic E-state index is 12.2. The summed E-state index contributed by atoms with van der Waals surface area (Å²) in [4.78, 5) is 24.0. The molecule has 0 heterocycles. The minimum atomic E-state index is -0.828. The van der Waals surface area contributed by atoms with Crippen molar-refractivity contribution in [3.05, 3.63) is 11.1 Å². The van der Waals surface area contributed by atoms with E-state index in [9.17, 15) is 14.7 Å². The SMILES string of the molecule is COC(=O)C1=C2CC(C)(C)CC2C(O)C2(C)CC12C=O. The molecule has 0 aromatic carbocycles. The molecule has 0 saturated heterocycles. The van der Waals surface area contributed by atoms with Crippen LogP contribution < -0.4 is 0 Å². The van der Waals surface area contributed by atoms with Gasteiger partial charge in [0, 0.05) is 11.3 Å². The first-order chi connectivity index (χ1) is 9.22. The van der Waals surface area contributed by atoms with Crippen LogP contribution in [0.3, 0.4) is 0 Å². The van der Waals surface area contributed by atoms with Gasteiger partial charge in [0.15, 0.2) is 0 Å². The molecule has 0 bridgehead atoms. The van der Waals surface area contributed by atoms with Crippen LogP contribution in [0.25, 0.3) is 0 Å². The summed E-state index contributed by atoms with van der Waals surface area (Å²) in [5, 5.41) is 10.7. The molecule has 0 spiro atoms. The Bertz CT molecular complexity index is 533. The number of aliphatic hydroxyl groups excluding tert-OH is 1. The number of fused-ring (bicyclic) bond motifs is 2. The minimum Gasteiger partial charge on any atom is -0.466 e. The summed E-state index contributed by atoms with van der Waals surface area (Å²) in [5.41, 5.74) is 0.214. The van der Waals surface area contributed by atoms with Crippen LogP contribution in [0.5, 0.6) is 0 Å². The van der Waals surface area contributed by atoms with E-state index in [0.717, 1.165) is 24.7 Å². The molecule has 3 rings (SSSR count). The lowest BCUT2D eigenvalue weighted by atomic mass is 9.70. The maximum atomic E-state index is 12.2. The maximum Gasteiger partial charge on any atom is 0.334 e. The van der Waals surface area contributed by atoms with Crippen LogP contribution in [0.15, 0.2) is 11.1 Å². The standard InChI is InChI=1S/C16H22O4/c1-14(2)5-9-10(6-14)12(18)15(3)7-16(15,8-17)11(9)13(19)20-4/h8,10,12,18H,5-7H2,1-4H3. The molecule has 110 valence electrons. The Balaban J connectivity index is 2.20. The number of hydrogen-bond donors (Lipinski definition) is 1. The van der Waals surface area contributed by atoms with Gasteiger partial charge in [-0.25, -0.2) is 4.79 Å². The molecule has 0 amide bonds.